The lowest BCUT2D eigenvalue weighted by Gasteiger charge is -2.34. The zero-order valence-electron chi connectivity index (χ0n) is 33.3. The third kappa shape index (κ3) is 8.56. The number of nitrogens with zero attached hydrogens (tertiary/aromatic N) is 5. The van der Waals surface area contributed by atoms with Gasteiger partial charge in [-0.15, -0.1) is 0 Å². The molecule has 11 nitrogen and oxygen atoms in total. The van der Waals surface area contributed by atoms with E-state index in [1.165, 1.54) is 12.1 Å². The summed E-state index contributed by atoms with van der Waals surface area (Å²) in [5.41, 5.74) is 6.58. The number of carbonyl (C=O) groups excluding carboxylic acids is 3. The Morgan fingerprint density at radius 1 is 0.881 bits per heavy atom. The molecule has 0 aliphatic carbocycles. The van der Waals surface area contributed by atoms with Gasteiger partial charge in [-0.3, -0.25) is 29.3 Å². The minimum atomic E-state index is -2.50. The second kappa shape index (κ2) is 17.4. The van der Waals surface area contributed by atoms with Crippen LogP contribution in [0.5, 0.6) is 11.5 Å². The molecule has 0 spiro atoms. The number of piperidine rings is 1. The first kappa shape index (κ1) is 39.7. The van der Waals surface area contributed by atoms with Crippen LogP contribution in [0.3, 0.4) is 0 Å². The van der Waals surface area contributed by atoms with Gasteiger partial charge >= 0.3 is 0 Å². The van der Waals surface area contributed by atoms with Gasteiger partial charge in [-0.25, -0.2) is 8.78 Å². The second-order valence-electron chi connectivity index (χ2n) is 15.4. The Labute approximate surface area is 341 Å². The molecule has 3 amide bonds. The third-order valence-electron chi connectivity index (χ3n) is 11.6. The highest BCUT2D eigenvalue weighted by Crippen LogP contribution is 2.36. The average molecular weight is 803 g/mol. The molecule has 2 aromatic heterocycles. The smallest absolute Gasteiger partial charge is 0.263 e. The number of benzene rings is 4. The van der Waals surface area contributed by atoms with E-state index in [2.05, 4.69) is 51.1 Å². The van der Waals surface area contributed by atoms with Crippen molar-refractivity contribution in [3.8, 4) is 22.8 Å². The molecule has 2 aliphatic heterocycles. The number of rotatable bonds is 14. The number of aryl methyl sites for hydroxylation is 2. The van der Waals surface area contributed by atoms with Crippen LogP contribution in [0, 0.1) is 6.92 Å². The fourth-order valence-electron chi connectivity index (χ4n) is 8.41. The van der Waals surface area contributed by atoms with Crippen molar-refractivity contribution in [2.24, 2.45) is 7.05 Å². The first-order valence-corrected chi connectivity index (χ1v) is 20.2. The summed E-state index contributed by atoms with van der Waals surface area (Å²) in [5.74, 6) is 0.130. The minimum absolute atomic E-state index is 0.0165. The summed E-state index contributed by atoms with van der Waals surface area (Å²) in [4.78, 5) is 41.6. The van der Waals surface area contributed by atoms with E-state index >= 15 is 0 Å². The fraction of sp³-hybridized carbons (Fsp3) is 0.348. The number of hydrogen-bond donors (Lipinski definition) is 1. The molecule has 1 N–H and O–H groups in total. The third-order valence-corrected chi connectivity index (χ3v) is 11.6. The summed E-state index contributed by atoms with van der Waals surface area (Å²) >= 11 is 0. The Hall–Kier alpha value is -6.08. The molecule has 59 heavy (non-hydrogen) atoms. The molecular weight excluding hydrogens is 755 g/mol. The van der Waals surface area contributed by atoms with Crippen molar-refractivity contribution < 1.29 is 32.6 Å². The summed E-state index contributed by atoms with van der Waals surface area (Å²) in [6, 6.07) is 28.5. The number of hydrogen-bond acceptors (Lipinski definition) is 7. The Morgan fingerprint density at radius 3 is 2.37 bits per heavy atom. The lowest BCUT2D eigenvalue weighted by atomic mass is 9.93. The van der Waals surface area contributed by atoms with Crippen LogP contribution < -0.4 is 14.8 Å². The number of ether oxygens (including phenoxy) is 2. The number of unbranched alkanes of at least 4 members (excludes halogenated alkanes) is 1. The molecule has 4 aromatic carbocycles. The quantitative estimate of drug-likeness (QED) is 0.0904. The maximum atomic E-state index is 13.3. The van der Waals surface area contributed by atoms with Crippen molar-refractivity contribution in [3.63, 3.8) is 0 Å². The lowest BCUT2D eigenvalue weighted by Crippen LogP contribution is -2.50. The summed E-state index contributed by atoms with van der Waals surface area (Å²) in [7, 11) is 1.78. The summed E-state index contributed by atoms with van der Waals surface area (Å²) < 4.78 is 42.6. The van der Waals surface area contributed by atoms with E-state index in [0.29, 0.717) is 49.6 Å². The van der Waals surface area contributed by atoms with Crippen LogP contribution >= 0.6 is 0 Å². The zero-order valence-corrected chi connectivity index (χ0v) is 33.3. The predicted molar refractivity (Wildman–Crippen MR) is 222 cm³/mol. The molecule has 2 saturated heterocycles. The number of carbonyl (C=O) groups is 3. The molecule has 13 heteroatoms. The molecular formula is C46H48F2N6O5. The van der Waals surface area contributed by atoms with Gasteiger partial charge in [-0.1, -0.05) is 66.7 Å². The number of alkyl halides is 2. The SMILES string of the molecule is Cc1c(-c2ccc(C(F)F)cc2)n(Cc2ccc(OCCCCN3CCN(C(=O)COc4cccc5c(C6CCC(=O)NC6=O)nn(C)c45)CC3)cc2)c2ccccc12. The van der Waals surface area contributed by atoms with Gasteiger partial charge < -0.3 is 18.9 Å². The molecule has 1 atom stereocenters. The van der Waals surface area contributed by atoms with Gasteiger partial charge in [0.25, 0.3) is 12.3 Å². The minimum Gasteiger partial charge on any atom is -0.494 e. The summed E-state index contributed by atoms with van der Waals surface area (Å²) in [6.45, 7) is 6.99. The van der Waals surface area contributed by atoms with Crippen molar-refractivity contribution in [1.29, 1.82) is 0 Å². The molecule has 2 aliphatic rings. The fourth-order valence-corrected chi connectivity index (χ4v) is 8.41. The van der Waals surface area contributed by atoms with Crippen LogP contribution in [-0.2, 0) is 28.0 Å². The number of amides is 3. The monoisotopic (exact) mass is 802 g/mol. The molecule has 306 valence electrons. The normalized spacial score (nSPS) is 16.3. The van der Waals surface area contributed by atoms with E-state index in [0.717, 1.165) is 76.9 Å². The van der Waals surface area contributed by atoms with Crippen molar-refractivity contribution in [2.45, 2.75) is 51.5 Å². The Bertz CT molecular complexity index is 2470. The van der Waals surface area contributed by atoms with Gasteiger partial charge in [-0.2, -0.15) is 5.10 Å². The van der Waals surface area contributed by atoms with E-state index in [-0.39, 0.29) is 36.3 Å². The first-order chi connectivity index (χ1) is 28.6. The Kier molecular flexibility index (Phi) is 11.7. The van der Waals surface area contributed by atoms with E-state index in [1.54, 1.807) is 29.9 Å². The Morgan fingerprint density at radius 2 is 1.63 bits per heavy atom. The molecule has 2 fully saturated rings. The van der Waals surface area contributed by atoms with Crippen molar-refractivity contribution in [2.75, 3.05) is 45.9 Å². The van der Waals surface area contributed by atoms with Crippen LogP contribution in [0.4, 0.5) is 8.78 Å². The summed E-state index contributed by atoms with van der Waals surface area (Å²) in [5, 5.41) is 8.93. The highest BCUT2D eigenvalue weighted by molar-refractivity contribution is 6.03. The van der Waals surface area contributed by atoms with E-state index in [1.807, 2.05) is 41.3 Å². The largest absolute Gasteiger partial charge is 0.494 e. The lowest BCUT2D eigenvalue weighted by molar-refractivity contribution is -0.135. The van der Waals surface area contributed by atoms with Gasteiger partial charge in [0.05, 0.1) is 23.9 Å². The first-order valence-electron chi connectivity index (χ1n) is 20.2. The maximum absolute atomic E-state index is 13.3. The topological polar surface area (TPSA) is 111 Å². The van der Waals surface area contributed by atoms with E-state index in [9.17, 15) is 23.2 Å². The number of para-hydroxylation sites is 2. The van der Waals surface area contributed by atoms with Crippen LogP contribution in [0.15, 0.2) is 91.0 Å². The number of piperazine rings is 1. The van der Waals surface area contributed by atoms with Crippen LogP contribution in [0.1, 0.15) is 60.4 Å². The van der Waals surface area contributed by atoms with Crippen LogP contribution in [0.2, 0.25) is 0 Å². The molecule has 0 radical (unpaired) electrons. The predicted octanol–water partition coefficient (Wildman–Crippen LogP) is 7.39. The number of imide groups is 1. The number of nitrogens with one attached hydrogen (secondary N) is 1. The number of aromatic nitrogens is 3. The van der Waals surface area contributed by atoms with Crippen molar-refractivity contribution >= 4 is 39.5 Å². The van der Waals surface area contributed by atoms with Gasteiger partial charge in [0.2, 0.25) is 11.8 Å². The Balaban J connectivity index is 0.776. The molecule has 8 rings (SSSR count). The molecule has 1 unspecified atom stereocenters. The molecule has 0 bridgehead atoms. The number of halogens is 2. The van der Waals surface area contributed by atoms with Gasteiger partial charge in [-0.05, 0) is 73.7 Å². The van der Waals surface area contributed by atoms with Gasteiger partial charge in [0, 0.05) is 68.0 Å². The molecule has 0 saturated carbocycles. The summed E-state index contributed by atoms with van der Waals surface area (Å²) in [6.07, 6.45) is 0.0528. The zero-order chi connectivity index (χ0) is 41.0. The van der Waals surface area contributed by atoms with Crippen LogP contribution in [-0.4, -0.2) is 87.8 Å². The van der Waals surface area contributed by atoms with Gasteiger partial charge in [0.1, 0.15) is 17.0 Å². The van der Waals surface area contributed by atoms with Crippen molar-refractivity contribution in [1.82, 2.24) is 29.5 Å². The highest BCUT2D eigenvalue weighted by Gasteiger charge is 2.32. The van der Waals surface area contributed by atoms with Gasteiger partial charge in [0.15, 0.2) is 6.61 Å². The molecule has 4 heterocycles. The van der Waals surface area contributed by atoms with Crippen LogP contribution in [0.25, 0.3) is 33.1 Å². The highest BCUT2D eigenvalue weighted by atomic mass is 19.3. The van der Waals surface area contributed by atoms with E-state index < -0.39 is 12.3 Å². The average Bonchev–Trinajstić information content (AvgIpc) is 3.73. The maximum Gasteiger partial charge on any atom is 0.263 e. The molecule has 6 aromatic rings. The standard InChI is InChI=1S/C46H48F2N6O5/c1-30-35-8-3-4-10-38(35)54(43(30)32-14-16-33(17-15-32)45(47)48)28-31-12-18-34(19-13-31)58-27-6-5-22-52-23-25-53(26-24-52)41(56)29-59-39-11-7-9-36-42(50-51(2)44(36)39)37-20-21-40(55)49-46(37)57/h3-4,7-19,37,45H,5-6,20-29H2,1-2H3,(H,49,55,57). The second-order valence-corrected chi connectivity index (χ2v) is 15.4. The van der Waals surface area contributed by atoms with Crippen molar-refractivity contribution in [3.05, 3.63) is 113 Å². The van der Waals surface area contributed by atoms with E-state index in [4.69, 9.17) is 9.47 Å². The number of fused-ring (bicyclic) bond motifs is 2.